The number of anilines is 1. The van der Waals surface area contributed by atoms with E-state index in [0.717, 1.165) is 41.4 Å². The molecule has 1 atom stereocenters. The van der Waals surface area contributed by atoms with Gasteiger partial charge in [0.1, 0.15) is 0 Å². The van der Waals surface area contributed by atoms with Crippen LogP contribution in [-0.4, -0.2) is 42.2 Å². The number of nitrogens with zero attached hydrogens (tertiary/aromatic N) is 3. The van der Waals surface area contributed by atoms with Crippen molar-refractivity contribution >= 4 is 34.8 Å². The first-order chi connectivity index (χ1) is 16.4. The Balaban J connectivity index is 1.38. The summed E-state index contributed by atoms with van der Waals surface area (Å²) in [5.41, 5.74) is 7.63. The summed E-state index contributed by atoms with van der Waals surface area (Å²) in [5, 5.41) is 0. The second-order valence-electron chi connectivity index (χ2n) is 9.33. The van der Waals surface area contributed by atoms with Crippen molar-refractivity contribution in [2.24, 2.45) is 4.99 Å². The Kier molecular flexibility index (Phi) is 6.22. The summed E-state index contributed by atoms with van der Waals surface area (Å²) in [6, 6.07) is 21.4. The summed E-state index contributed by atoms with van der Waals surface area (Å²) in [7, 11) is 0. The lowest BCUT2D eigenvalue weighted by atomic mass is 10.0. The molecule has 0 saturated carbocycles. The molecule has 1 fully saturated rings. The monoisotopic (exact) mass is 469 g/mol. The first kappa shape index (κ1) is 22.7. The van der Waals surface area contributed by atoms with Gasteiger partial charge in [-0.15, -0.1) is 0 Å². The minimum atomic E-state index is 0.0920. The lowest BCUT2D eigenvalue weighted by Crippen LogP contribution is -2.53. The predicted molar refractivity (Wildman–Crippen MR) is 142 cm³/mol. The average molecular weight is 470 g/mol. The van der Waals surface area contributed by atoms with E-state index in [9.17, 15) is 4.79 Å². The first-order valence-corrected chi connectivity index (χ1v) is 12.9. The highest BCUT2D eigenvalue weighted by Crippen LogP contribution is 2.41. The second-order valence-corrected chi connectivity index (χ2v) is 10.4. The Labute approximate surface area is 206 Å². The molecule has 0 radical (unpaired) electrons. The van der Waals surface area contributed by atoms with Crippen molar-refractivity contribution in [1.82, 2.24) is 4.90 Å². The van der Waals surface area contributed by atoms with Crippen LogP contribution in [0.25, 0.3) is 0 Å². The van der Waals surface area contributed by atoms with E-state index < -0.39 is 0 Å². The van der Waals surface area contributed by atoms with E-state index in [2.05, 4.69) is 81.1 Å². The van der Waals surface area contributed by atoms with E-state index >= 15 is 0 Å². The third kappa shape index (κ3) is 4.37. The normalized spacial score (nSPS) is 17.5. The largest absolute Gasteiger partial charge is 0.365 e. The van der Waals surface area contributed by atoms with E-state index in [4.69, 9.17) is 4.99 Å². The maximum Gasteiger partial charge on any atom is 0.254 e. The van der Waals surface area contributed by atoms with Gasteiger partial charge in [-0.25, -0.2) is 0 Å². The summed E-state index contributed by atoms with van der Waals surface area (Å²) in [6.45, 7) is 10.9. The van der Waals surface area contributed by atoms with Gasteiger partial charge in [0.25, 0.3) is 5.91 Å². The number of aryl methyl sites for hydroxylation is 2. The molecule has 0 spiro atoms. The Bertz CT molecular complexity index is 1280. The Morgan fingerprint density at radius 3 is 2.56 bits per heavy atom. The zero-order valence-electron chi connectivity index (χ0n) is 20.3. The smallest absolute Gasteiger partial charge is 0.254 e. The third-order valence-electron chi connectivity index (χ3n) is 6.71. The van der Waals surface area contributed by atoms with Gasteiger partial charge in [0.05, 0.1) is 5.69 Å². The number of carbonyl (C=O) groups is 1. The molecule has 0 aromatic heterocycles. The number of carbonyl (C=O) groups excluding carboxylic acids is 1. The van der Waals surface area contributed by atoms with Crippen LogP contribution in [0.2, 0.25) is 0 Å². The highest BCUT2D eigenvalue weighted by molar-refractivity contribution is 7.99. The molecule has 1 amide bonds. The maximum atomic E-state index is 13.5. The van der Waals surface area contributed by atoms with Gasteiger partial charge in [-0.3, -0.25) is 9.79 Å². The standard InChI is InChI=1S/C29H31N3OS/c1-5-25-24-16-20(3)9-11-27(24)34-28-12-10-22(17-26(28)30-25)29(33)31-13-14-32(21(4)18-31)23-8-6-7-19(2)15-23/h6-12,15-17,21H,5,13-14,18H2,1-4H3/t21-/m1/s1. The fourth-order valence-electron chi connectivity index (χ4n) is 4.89. The molecule has 2 aliphatic rings. The molecule has 2 heterocycles. The van der Waals surface area contributed by atoms with Gasteiger partial charge in [0, 0.05) is 58.0 Å². The third-order valence-corrected chi connectivity index (χ3v) is 7.85. The number of aliphatic imine (C=N–C) groups is 1. The van der Waals surface area contributed by atoms with Crippen LogP contribution in [0.15, 0.2) is 75.4 Å². The minimum absolute atomic E-state index is 0.0920. The molecule has 0 unspecified atom stereocenters. The molecule has 2 aliphatic heterocycles. The number of hydrogen-bond donors (Lipinski definition) is 0. The van der Waals surface area contributed by atoms with Gasteiger partial charge in [0.2, 0.25) is 0 Å². The SMILES string of the molecule is CCC1=Nc2cc(C(=O)N3CCN(c4cccc(C)c4)[C@H](C)C3)ccc2Sc2ccc(C)cc21. The van der Waals surface area contributed by atoms with E-state index in [1.807, 2.05) is 17.0 Å². The van der Waals surface area contributed by atoms with E-state index in [0.29, 0.717) is 6.54 Å². The molecule has 3 aromatic rings. The number of benzene rings is 3. The number of amides is 1. The molecule has 4 nitrogen and oxygen atoms in total. The summed E-state index contributed by atoms with van der Waals surface area (Å²) >= 11 is 1.74. The zero-order valence-corrected chi connectivity index (χ0v) is 21.2. The molecule has 1 saturated heterocycles. The van der Waals surface area contributed by atoms with Crippen LogP contribution in [0.5, 0.6) is 0 Å². The molecule has 0 aliphatic carbocycles. The van der Waals surface area contributed by atoms with Crippen LogP contribution >= 0.6 is 11.8 Å². The predicted octanol–water partition coefficient (Wildman–Crippen LogP) is 6.65. The van der Waals surface area contributed by atoms with Gasteiger partial charge in [0.15, 0.2) is 0 Å². The summed E-state index contributed by atoms with van der Waals surface area (Å²) in [4.78, 5) is 25.2. The molecular formula is C29H31N3OS. The van der Waals surface area contributed by atoms with Gasteiger partial charge in [-0.05, 0) is 75.2 Å². The van der Waals surface area contributed by atoms with Gasteiger partial charge < -0.3 is 9.80 Å². The Hall–Kier alpha value is -3.05. The molecule has 0 bridgehead atoms. The molecule has 5 rings (SSSR count). The van der Waals surface area contributed by atoms with Gasteiger partial charge in [-0.1, -0.05) is 42.4 Å². The van der Waals surface area contributed by atoms with Crippen LogP contribution in [0, 0.1) is 13.8 Å². The van der Waals surface area contributed by atoms with Crippen molar-refractivity contribution in [1.29, 1.82) is 0 Å². The maximum absolute atomic E-state index is 13.5. The van der Waals surface area contributed by atoms with Gasteiger partial charge in [-0.2, -0.15) is 0 Å². The molecule has 3 aromatic carbocycles. The summed E-state index contributed by atoms with van der Waals surface area (Å²) < 4.78 is 0. The van der Waals surface area contributed by atoms with Crippen molar-refractivity contribution in [2.45, 2.75) is 49.9 Å². The lowest BCUT2D eigenvalue weighted by molar-refractivity contribution is 0.0726. The number of fused-ring (bicyclic) bond motifs is 2. The van der Waals surface area contributed by atoms with Crippen LogP contribution in [-0.2, 0) is 0 Å². The minimum Gasteiger partial charge on any atom is -0.365 e. The fourth-order valence-corrected chi connectivity index (χ4v) is 5.90. The fraction of sp³-hybridized carbons (Fsp3) is 0.310. The molecule has 34 heavy (non-hydrogen) atoms. The first-order valence-electron chi connectivity index (χ1n) is 12.1. The van der Waals surface area contributed by atoms with Crippen LogP contribution in [0.1, 0.15) is 47.3 Å². The van der Waals surface area contributed by atoms with Crippen molar-refractivity contribution in [3.63, 3.8) is 0 Å². The van der Waals surface area contributed by atoms with Crippen molar-refractivity contribution in [3.05, 3.63) is 82.9 Å². The molecule has 5 heteroatoms. The Morgan fingerprint density at radius 2 is 1.79 bits per heavy atom. The molecule has 0 N–H and O–H groups in total. The lowest BCUT2D eigenvalue weighted by Gasteiger charge is -2.41. The van der Waals surface area contributed by atoms with Gasteiger partial charge >= 0.3 is 0 Å². The van der Waals surface area contributed by atoms with E-state index in [1.54, 1.807) is 11.8 Å². The zero-order chi connectivity index (χ0) is 23.8. The van der Waals surface area contributed by atoms with Crippen LogP contribution < -0.4 is 4.90 Å². The highest BCUT2D eigenvalue weighted by atomic mass is 32.2. The van der Waals surface area contributed by atoms with E-state index in [1.165, 1.54) is 27.3 Å². The molecule has 174 valence electrons. The van der Waals surface area contributed by atoms with Crippen LogP contribution in [0.4, 0.5) is 11.4 Å². The van der Waals surface area contributed by atoms with Crippen LogP contribution in [0.3, 0.4) is 0 Å². The topological polar surface area (TPSA) is 35.9 Å². The van der Waals surface area contributed by atoms with Crippen molar-refractivity contribution in [3.8, 4) is 0 Å². The second kappa shape index (κ2) is 9.30. The average Bonchev–Trinajstić information content (AvgIpc) is 2.99. The number of hydrogen-bond acceptors (Lipinski definition) is 4. The van der Waals surface area contributed by atoms with Crippen molar-refractivity contribution < 1.29 is 4.79 Å². The Morgan fingerprint density at radius 1 is 1.00 bits per heavy atom. The number of piperazine rings is 1. The summed E-state index contributed by atoms with van der Waals surface area (Å²) in [6.07, 6.45) is 0.854. The van der Waals surface area contributed by atoms with Crippen molar-refractivity contribution in [2.75, 3.05) is 24.5 Å². The van der Waals surface area contributed by atoms with E-state index in [-0.39, 0.29) is 11.9 Å². The molecular weight excluding hydrogens is 438 g/mol. The highest BCUT2D eigenvalue weighted by Gasteiger charge is 2.28. The summed E-state index contributed by atoms with van der Waals surface area (Å²) in [5.74, 6) is 0.0920. The number of rotatable bonds is 3. The quantitative estimate of drug-likeness (QED) is 0.431.